The van der Waals surface area contributed by atoms with Crippen molar-refractivity contribution < 1.29 is 0 Å². The van der Waals surface area contributed by atoms with Crippen molar-refractivity contribution >= 4 is 11.8 Å². The Hall–Kier alpha value is -2.13. The first-order chi connectivity index (χ1) is 9.88. The molecule has 0 N–H and O–H groups in total. The summed E-state index contributed by atoms with van der Waals surface area (Å²) in [7, 11) is 0. The van der Waals surface area contributed by atoms with Gasteiger partial charge in [0, 0.05) is 11.1 Å². The summed E-state index contributed by atoms with van der Waals surface area (Å²) in [6.07, 6.45) is 3.85. The first-order valence-electron chi connectivity index (χ1n) is 6.40. The van der Waals surface area contributed by atoms with Crippen LogP contribution in [0.4, 0.5) is 0 Å². The SMILES string of the molecule is CSc1cnc(-c2ccccc2)c(-c2ccccc2)n1. The fraction of sp³-hybridized carbons (Fsp3) is 0.0588. The van der Waals surface area contributed by atoms with Crippen LogP contribution in [0.3, 0.4) is 0 Å². The van der Waals surface area contributed by atoms with Gasteiger partial charge >= 0.3 is 0 Å². The monoisotopic (exact) mass is 278 g/mol. The fourth-order valence-electron chi connectivity index (χ4n) is 2.08. The highest BCUT2D eigenvalue weighted by molar-refractivity contribution is 7.98. The van der Waals surface area contributed by atoms with Crippen LogP contribution in [0.15, 0.2) is 71.9 Å². The predicted octanol–water partition coefficient (Wildman–Crippen LogP) is 4.53. The Balaban J connectivity index is 2.20. The zero-order chi connectivity index (χ0) is 13.8. The van der Waals surface area contributed by atoms with Gasteiger partial charge < -0.3 is 0 Å². The third-order valence-electron chi connectivity index (χ3n) is 3.05. The van der Waals surface area contributed by atoms with Crippen molar-refractivity contribution in [3.8, 4) is 22.5 Å². The number of hydrogen-bond acceptors (Lipinski definition) is 3. The smallest absolute Gasteiger partial charge is 0.115 e. The molecule has 3 heteroatoms. The molecular formula is C17H14N2S. The predicted molar refractivity (Wildman–Crippen MR) is 84.7 cm³/mol. The highest BCUT2D eigenvalue weighted by Crippen LogP contribution is 2.29. The lowest BCUT2D eigenvalue weighted by Gasteiger charge is -2.09. The highest BCUT2D eigenvalue weighted by Gasteiger charge is 2.11. The molecular weight excluding hydrogens is 264 g/mol. The maximum absolute atomic E-state index is 4.74. The molecule has 0 saturated carbocycles. The third kappa shape index (κ3) is 2.58. The van der Waals surface area contributed by atoms with Crippen LogP contribution in [0.25, 0.3) is 22.5 Å². The number of nitrogens with zero attached hydrogens (tertiary/aromatic N) is 2. The van der Waals surface area contributed by atoms with Gasteiger partial charge in [-0.3, -0.25) is 4.98 Å². The molecule has 0 radical (unpaired) electrons. The van der Waals surface area contributed by atoms with Gasteiger partial charge in [-0.2, -0.15) is 0 Å². The average Bonchev–Trinajstić information content (AvgIpc) is 2.56. The van der Waals surface area contributed by atoms with Crippen LogP contribution in [-0.2, 0) is 0 Å². The lowest BCUT2D eigenvalue weighted by atomic mass is 10.0. The molecule has 1 aromatic heterocycles. The van der Waals surface area contributed by atoms with Gasteiger partial charge in [0.1, 0.15) is 5.03 Å². The zero-order valence-electron chi connectivity index (χ0n) is 11.2. The highest BCUT2D eigenvalue weighted by atomic mass is 32.2. The summed E-state index contributed by atoms with van der Waals surface area (Å²) in [6, 6.07) is 20.4. The molecule has 0 bridgehead atoms. The van der Waals surface area contributed by atoms with Gasteiger partial charge in [0.2, 0.25) is 0 Å². The van der Waals surface area contributed by atoms with E-state index in [4.69, 9.17) is 4.98 Å². The number of aromatic nitrogens is 2. The molecule has 3 aromatic rings. The molecule has 20 heavy (non-hydrogen) atoms. The van der Waals surface area contributed by atoms with Crippen molar-refractivity contribution in [3.63, 3.8) is 0 Å². The van der Waals surface area contributed by atoms with Crippen LogP contribution in [0.2, 0.25) is 0 Å². The van der Waals surface area contributed by atoms with Crippen molar-refractivity contribution in [1.29, 1.82) is 0 Å². The maximum atomic E-state index is 4.74. The van der Waals surface area contributed by atoms with Crippen LogP contribution < -0.4 is 0 Å². The first kappa shape index (κ1) is 12.9. The number of thioether (sulfide) groups is 1. The van der Waals surface area contributed by atoms with E-state index in [2.05, 4.69) is 29.2 Å². The quantitative estimate of drug-likeness (QED) is 0.658. The average molecular weight is 278 g/mol. The van der Waals surface area contributed by atoms with Crippen LogP contribution in [0, 0.1) is 0 Å². The minimum atomic E-state index is 0.926. The van der Waals surface area contributed by atoms with Crippen LogP contribution in [0.1, 0.15) is 0 Å². The number of hydrogen-bond donors (Lipinski definition) is 0. The van der Waals surface area contributed by atoms with E-state index in [0.29, 0.717) is 0 Å². The van der Waals surface area contributed by atoms with Crippen LogP contribution in [-0.4, -0.2) is 16.2 Å². The normalized spacial score (nSPS) is 10.4. The van der Waals surface area contributed by atoms with Gasteiger partial charge in [-0.05, 0) is 6.26 Å². The van der Waals surface area contributed by atoms with Gasteiger partial charge in [0.05, 0.1) is 17.6 Å². The Kier molecular flexibility index (Phi) is 3.79. The van der Waals surface area contributed by atoms with Crippen molar-refractivity contribution in [2.75, 3.05) is 6.26 Å². The minimum Gasteiger partial charge on any atom is -0.251 e. The van der Waals surface area contributed by atoms with E-state index in [1.807, 2.05) is 48.9 Å². The zero-order valence-corrected chi connectivity index (χ0v) is 12.0. The first-order valence-corrected chi connectivity index (χ1v) is 7.63. The molecule has 0 spiro atoms. The van der Waals surface area contributed by atoms with E-state index < -0.39 is 0 Å². The topological polar surface area (TPSA) is 25.8 Å². The fourth-order valence-corrected chi connectivity index (χ4v) is 2.42. The Bertz CT molecular complexity index is 697. The molecule has 1 heterocycles. The molecule has 0 atom stereocenters. The van der Waals surface area contributed by atoms with Crippen molar-refractivity contribution in [2.45, 2.75) is 5.03 Å². The molecule has 3 rings (SSSR count). The Morgan fingerprint density at radius 3 is 1.85 bits per heavy atom. The summed E-state index contributed by atoms with van der Waals surface area (Å²) in [5.41, 5.74) is 4.04. The van der Waals surface area contributed by atoms with E-state index in [9.17, 15) is 0 Å². The molecule has 0 aliphatic rings. The minimum absolute atomic E-state index is 0.926. The lowest BCUT2D eigenvalue weighted by Crippen LogP contribution is -1.94. The molecule has 2 nitrogen and oxygen atoms in total. The van der Waals surface area contributed by atoms with Gasteiger partial charge in [-0.15, -0.1) is 11.8 Å². The molecule has 0 fully saturated rings. The Morgan fingerprint density at radius 1 is 0.750 bits per heavy atom. The summed E-state index contributed by atoms with van der Waals surface area (Å²) >= 11 is 1.61. The second kappa shape index (κ2) is 5.88. The summed E-state index contributed by atoms with van der Waals surface area (Å²) in [5.74, 6) is 0. The molecule has 0 amide bonds. The largest absolute Gasteiger partial charge is 0.251 e. The van der Waals surface area contributed by atoms with Gasteiger partial charge in [-0.25, -0.2) is 4.98 Å². The standard InChI is InChI=1S/C17H14N2S/c1-20-15-12-18-16(13-8-4-2-5-9-13)17(19-15)14-10-6-3-7-11-14/h2-12H,1H3. The molecule has 98 valence electrons. The summed E-state index contributed by atoms with van der Waals surface area (Å²) < 4.78 is 0. The van der Waals surface area contributed by atoms with Crippen LogP contribution >= 0.6 is 11.8 Å². The molecule has 0 aliphatic heterocycles. The van der Waals surface area contributed by atoms with E-state index >= 15 is 0 Å². The third-order valence-corrected chi connectivity index (χ3v) is 3.67. The van der Waals surface area contributed by atoms with E-state index in [0.717, 1.165) is 27.5 Å². The van der Waals surface area contributed by atoms with Crippen molar-refractivity contribution in [2.24, 2.45) is 0 Å². The summed E-state index contributed by atoms with van der Waals surface area (Å²) in [5, 5.41) is 0.934. The molecule has 0 unspecified atom stereocenters. The lowest BCUT2D eigenvalue weighted by molar-refractivity contribution is 1.07. The van der Waals surface area contributed by atoms with Crippen LogP contribution in [0.5, 0.6) is 0 Å². The van der Waals surface area contributed by atoms with Gasteiger partial charge in [-0.1, -0.05) is 60.7 Å². The number of benzene rings is 2. The summed E-state index contributed by atoms with van der Waals surface area (Å²) in [6.45, 7) is 0. The second-order valence-corrected chi connectivity index (χ2v) is 5.17. The molecule has 0 saturated heterocycles. The summed E-state index contributed by atoms with van der Waals surface area (Å²) in [4.78, 5) is 9.35. The number of rotatable bonds is 3. The van der Waals surface area contributed by atoms with E-state index in [1.54, 1.807) is 11.8 Å². The van der Waals surface area contributed by atoms with Gasteiger partial charge in [0.25, 0.3) is 0 Å². The van der Waals surface area contributed by atoms with E-state index in [1.165, 1.54) is 0 Å². The molecule has 0 aliphatic carbocycles. The maximum Gasteiger partial charge on any atom is 0.115 e. The molecule has 2 aromatic carbocycles. The van der Waals surface area contributed by atoms with Crippen molar-refractivity contribution in [3.05, 3.63) is 66.9 Å². The second-order valence-electron chi connectivity index (χ2n) is 4.34. The van der Waals surface area contributed by atoms with E-state index in [-0.39, 0.29) is 0 Å². The van der Waals surface area contributed by atoms with Crippen molar-refractivity contribution in [1.82, 2.24) is 9.97 Å². The Labute approximate surface area is 122 Å². The van der Waals surface area contributed by atoms with Gasteiger partial charge in [0.15, 0.2) is 0 Å². The Morgan fingerprint density at radius 2 is 1.30 bits per heavy atom.